The Hall–Kier alpha value is -4.47. The second-order valence-electron chi connectivity index (χ2n) is 9.41. The van der Waals surface area contributed by atoms with E-state index < -0.39 is 66.1 Å². The maximum atomic E-state index is 14.2. The van der Waals surface area contributed by atoms with Gasteiger partial charge >= 0.3 is 24.0 Å². The molecule has 0 saturated carbocycles. The number of nitrogens with zero attached hydrogens (tertiary/aromatic N) is 2. The number of hydrazine groups is 1. The molecular formula is C29H21ClF7N3O5. The molecule has 0 spiro atoms. The first-order valence-electron chi connectivity index (χ1n) is 12.8. The van der Waals surface area contributed by atoms with Crippen LogP contribution in [0, 0.1) is 11.6 Å². The molecule has 1 amide bonds. The average Bonchev–Trinajstić information content (AvgIpc) is 3.49. The van der Waals surface area contributed by atoms with Crippen LogP contribution in [0.25, 0.3) is 22.4 Å². The Morgan fingerprint density at radius 2 is 1.51 bits per heavy atom. The molecule has 4 aromatic rings. The Balaban J connectivity index is 1.55. The van der Waals surface area contributed by atoms with Crippen molar-refractivity contribution in [3.05, 3.63) is 102 Å². The van der Waals surface area contributed by atoms with E-state index in [9.17, 15) is 45.4 Å². The van der Waals surface area contributed by atoms with Crippen molar-refractivity contribution >= 4 is 23.5 Å². The minimum absolute atomic E-state index is 0.00357. The zero-order valence-corrected chi connectivity index (χ0v) is 23.3. The molecule has 0 aliphatic carbocycles. The maximum Gasteiger partial charge on any atom is 0.456 e. The Labute approximate surface area is 254 Å². The highest BCUT2D eigenvalue weighted by molar-refractivity contribution is 6.20. The largest absolute Gasteiger partial charge is 0.457 e. The van der Waals surface area contributed by atoms with Crippen LogP contribution in [-0.4, -0.2) is 58.5 Å². The molecule has 8 nitrogen and oxygen atoms in total. The van der Waals surface area contributed by atoms with Gasteiger partial charge in [-0.15, -0.1) is 0 Å². The number of hydrogen-bond acceptors (Lipinski definition) is 7. The second kappa shape index (κ2) is 13.7. The maximum absolute atomic E-state index is 14.2. The number of esters is 1. The fourth-order valence-corrected chi connectivity index (χ4v) is 4.13. The number of benzene rings is 3. The molecule has 238 valence electrons. The van der Waals surface area contributed by atoms with Gasteiger partial charge in [0.05, 0.1) is 6.54 Å². The van der Waals surface area contributed by atoms with E-state index in [0.29, 0.717) is 5.56 Å². The summed E-state index contributed by atoms with van der Waals surface area (Å²) in [7, 11) is 0. The summed E-state index contributed by atoms with van der Waals surface area (Å²) in [6.07, 6.45) is -8.41. The smallest absolute Gasteiger partial charge is 0.456 e. The second-order valence-corrected chi connectivity index (χ2v) is 9.83. The van der Waals surface area contributed by atoms with Crippen molar-refractivity contribution in [1.82, 2.24) is 15.6 Å². The third-order valence-corrected chi connectivity index (χ3v) is 6.71. The molecule has 16 heteroatoms. The third-order valence-electron chi connectivity index (χ3n) is 6.23. The van der Waals surface area contributed by atoms with Gasteiger partial charge in [0.15, 0.2) is 12.7 Å². The van der Waals surface area contributed by atoms with Crippen molar-refractivity contribution < 1.29 is 54.7 Å². The summed E-state index contributed by atoms with van der Waals surface area (Å²) in [6.45, 7) is -3.39. The van der Waals surface area contributed by atoms with Crippen LogP contribution in [-0.2, 0) is 9.53 Å². The molecule has 0 aliphatic rings. The van der Waals surface area contributed by atoms with Gasteiger partial charge in [0.2, 0.25) is 5.76 Å². The van der Waals surface area contributed by atoms with E-state index in [0.717, 1.165) is 17.1 Å². The van der Waals surface area contributed by atoms with Crippen molar-refractivity contribution in [2.45, 2.75) is 23.7 Å². The van der Waals surface area contributed by atoms with Crippen LogP contribution in [0.4, 0.5) is 30.7 Å². The molecule has 2 N–H and O–H groups in total. The number of nitrogens with one attached hydrogen (secondary N) is 1. The van der Waals surface area contributed by atoms with Gasteiger partial charge in [0.1, 0.15) is 22.8 Å². The highest BCUT2D eigenvalue weighted by Gasteiger charge is 2.58. The quantitative estimate of drug-likeness (QED) is 0.0643. The summed E-state index contributed by atoms with van der Waals surface area (Å²) in [4.78, 5) is 25.2. The SMILES string of the molecule is O=C(NN(C[C@@H](O)C(=O)OCC(F)(F)C(F)(F)F)[C@@H](Cl)c1ccc(-c2ccccc2F)cc1)c1cc(-c2ccccc2F)no1. The van der Waals surface area contributed by atoms with Crippen LogP contribution in [0.5, 0.6) is 0 Å². The number of aliphatic hydroxyl groups is 1. The van der Waals surface area contributed by atoms with E-state index in [4.69, 9.17) is 16.1 Å². The van der Waals surface area contributed by atoms with Gasteiger partial charge in [0, 0.05) is 17.2 Å². The molecule has 0 radical (unpaired) electrons. The van der Waals surface area contributed by atoms with Gasteiger partial charge in [-0.25, -0.2) is 13.6 Å². The molecule has 0 saturated heterocycles. The minimum atomic E-state index is -6.02. The van der Waals surface area contributed by atoms with Gasteiger partial charge in [0.25, 0.3) is 0 Å². The number of aromatic nitrogens is 1. The number of aliphatic hydroxyl groups excluding tert-OH is 1. The number of alkyl halides is 6. The predicted molar refractivity (Wildman–Crippen MR) is 144 cm³/mol. The fraction of sp³-hybridized carbons (Fsp3) is 0.207. The zero-order chi connectivity index (χ0) is 32.9. The molecule has 3 aromatic carbocycles. The number of carbonyl (C=O) groups excluding carboxylic acids is 2. The van der Waals surface area contributed by atoms with Crippen molar-refractivity contribution in [3.8, 4) is 22.4 Å². The lowest BCUT2D eigenvalue weighted by Gasteiger charge is -2.29. The monoisotopic (exact) mass is 659 g/mol. The van der Waals surface area contributed by atoms with E-state index in [2.05, 4.69) is 15.3 Å². The highest BCUT2D eigenvalue weighted by Crippen LogP contribution is 2.35. The van der Waals surface area contributed by atoms with Gasteiger partial charge in [-0.05, 0) is 29.3 Å². The van der Waals surface area contributed by atoms with Crippen LogP contribution >= 0.6 is 11.6 Å². The van der Waals surface area contributed by atoms with Crippen LogP contribution in [0.15, 0.2) is 83.4 Å². The first kappa shape index (κ1) is 33.4. The first-order chi connectivity index (χ1) is 21.2. The molecule has 0 unspecified atom stereocenters. The summed E-state index contributed by atoms with van der Waals surface area (Å²) in [6, 6.07) is 18.2. The van der Waals surface area contributed by atoms with Gasteiger partial charge < -0.3 is 14.4 Å². The number of rotatable bonds is 11. The first-order valence-corrected chi connectivity index (χ1v) is 13.2. The normalized spacial score (nSPS) is 13.4. The summed E-state index contributed by atoms with van der Waals surface area (Å²) in [5, 5.41) is 14.7. The van der Waals surface area contributed by atoms with Gasteiger partial charge in [-0.3, -0.25) is 10.2 Å². The highest BCUT2D eigenvalue weighted by atomic mass is 35.5. The summed E-state index contributed by atoms with van der Waals surface area (Å²) < 4.78 is 101. The Kier molecular flexibility index (Phi) is 10.2. The minimum Gasteiger partial charge on any atom is -0.457 e. The Bertz CT molecular complexity index is 1650. The van der Waals surface area contributed by atoms with E-state index in [1.807, 2.05) is 0 Å². The van der Waals surface area contributed by atoms with Crippen LogP contribution in [0.1, 0.15) is 21.6 Å². The van der Waals surface area contributed by atoms with Crippen LogP contribution in [0.2, 0.25) is 0 Å². The molecule has 0 fully saturated rings. The Morgan fingerprint density at radius 1 is 0.933 bits per heavy atom. The lowest BCUT2D eigenvalue weighted by molar-refractivity contribution is -0.294. The predicted octanol–water partition coefficient (Wildman–Crippen LogP) is 6.27. The molecule has 0 aliphatic heterocycles. The van der Waals surface area contributed by atoms with Crippen LogP contribution < -0.4 is 5.43 Å². The summed E-state index contributed by atoms with van der Waals surface area (Å²) in [5.41, 5.74) is 1.62. The molecule has 1 heterocycles. The molecule has 4 rings (SSSR count). The number of ether oxygens (including phenoxy) is 1. The summed E-state index contributed by atoms with van der Waals surface area (Å²) >= 11 is 6.52. The number of amides is 1. The molecule has 45 heavy (non-hydrogen) atoms. The van der Waals surface area contributed by atoms with Crippen molar-refractivity contribution in [2.24, 2.45) is 0 Å². The molecule has 2 atom stereocenters. The fourth-order valence-electron chi connectivity index (χ4n) is 3.86. The van der Waals surface area contributed by atoms with Crippen molar-refractivity contribution in [2.75, 3.05) is 13.2 Å². The zero-order valence-electron chi connectivity index (χ0n) is 22.6. The number of hydrogen-bond donors (Lipinski definition) is 2. The number of halogens is 8. The van der Waals surface area contributed by atoms with E-state index in [1.165, 1.54) is 60.7 Å². The standard InChI is InChI=1S/C29H21ClF7N3O5/c30-25(17-11-9-16(10-12-17)18-5-1-3-7-20(18)31)40(14-23(41)27(43)44-15-28(33,34)29(35,36)37)38-26(42)24-13-22(39-45-24)19-6-2-4-8-21(19)32/h1-13,23,25,41H,14-15H2,(H,38,42)/t23-,25-/m1/s1. The third kappa shape index (κ3) is 7.98. The average molecular weight is 660 g/mol. The van der Waals surface area contributed by atoms with Crippen molar-refractivity contribution in [1.29, 1.82) is 0 Å². The molecule has 1 aromatic heterocycles. The number of carbonyl (C=O) groups is 2. The van der Waals surface area contributed by atoms with Crippen LogP contribution in [0.3, 0.4) is 0 Å². The molecule has 0 bridgehead atoms. The van der Waals surface area contributed by atoms with E-state index in [1.54, 1.807) is 6.07 Å². The van der Waals surface area contributed by atoms with E-state index in [-0.39, 0.29) is 22.4 Å². The topological polar surface area (TPSA) is 105 Å². The summed E-state index contributed by atoms with van der Waals surface area (Å²) in [5.74, 6) is -10.0. The van der Waals surface area contributed by atoms with E-state index >= 15 is 0 Å². The lowest BCUT2D eigenvalue weighted by Crippen LogP contribution is -2.49. The van der Waals surface area contributed by atoms with Gasteiger partial charge in [-0.2, -0.15) is 27.0 Å². The Morgan fingerprint density at radius 3 is 2.09 bits per heavy atom. The molecular weight excluding hydrogens is 639 g/mol. The van der Waals surface area contributed by atoms with Gasteiger partial charge in [-0.1, -0.05) is 71.4 Å². The van der Waals surface area contributed by atoms with Crippen molar-refractivity contribution in [3.63, 3.8) is 0 Å². The lowest BCUT2D eigenvalue weighted by atomic mass is 10.0.